The number of rotatable bonds is 3. The molecule has 0 saturated carbocycles. The summed E-state index contributed by atoms with van der Waals surface area (Å²) in [6.07, 6.45) is 4.29. The standard InChI is InChI=1S/C11H21NO3/c1-2-3-9-6-11(4-5-13-9)14-8-10(7-12)15-11/h9-10H,2-8,12H2,1H3. The van der Waals surface area contributed by atoms with E-state index in [1.807, 2.05) is 0 Å². The summed E-state index contributed by atoms with van der Waals surface area (Å²) in [5.74, 6) is -0.387. The van der Waals surface area contributed by atoms with Crippen LogP contribution in [0.5, 0.6) is 0 Å². The summed E-state index contributed by atoms with van der Waals surface area (Å²) in [6, 6.07) is 0. The van der Waals surface area contributed by atoms with Crippen LogP contribution in [0.3, 0.4) is 0 Å². The highest BCUT2D eigenvalue weighted by atomic mass is 16.7. The van der Waals surface area contributed by atoms with Crippen molar-refractivity contribution in [3.63, 3.8) is 0 Å². The van der Waals surface area contributed by atoms with Crippen molar-refractivity contribution in [2.75, 3.05) is 19.8 Å². The van der Waals surface area contributed by atoms with Crippen molar-refractivity contribution in [1.29, 1.82) is 0 Å². The van der Waals surface area contributed by atoms with E-state index in [1.54, 1.807) is 0 Å². The van der Waals surface area contributed by atoms with E-state index in [0.29, 0.717) is 19.3 Å². The first-order valence-corrected chi connectivity index (χ1v) is 5.91. The maximum absolute atomic E-state index is 5.89. The van der Waals surface area contributed by atoms with E-state index in [1.165, 1.54) is 0 Å². The van der Waals surface area contributed by atoms with E-state index in [4.69, 9.17) is 19.9 Å². The minimum absolute atomic E-state index is 0.0744. The second-order valence-corrected chi connectivity index (χ2v) is 4.43. The summed E-state index contributed by atoms with van der Waals surface area (Å²) in [5, 5.41) is 0. The molecular formula is C11H21NO3. The van der Waals surface area contributed by atoms with E-state index >= 15 is 0 Å². The van der Waals surface area contributed by atoms with Gasteiger partial charge in [-0.05, 0) is 6.42 Å². The summed E-state index contributed by atoms with van der Waals surface area (Å²) in [5.41, 5.74) is 5.58. The minimum Gasteiger partial charge on any atom is -0.378 e. The van der Waals surface area contributed by atoms with Crippen LogP contribution in [0.25, 0.3) is 0 Å². The van der Waals surface area contributed by atoms with Gasteiger partial charge in [-0.2, -0.15) is 0 Å². The van der Waals surface area contributed by atoms with Gasteiger partial charge in [0.05, 0.1) is 25.4 Å². The van der Waals surface area contributed by atoms with Gasteiger partial charge in [-0.15, -0.1) is 0 Å². The molecule has 88 valence electrons. The Morgan fingerprint density at radius 1 is 1.40 bits per heavy atom. The zero-order chi connectivity index (χ0) is 10.7. The topological polar surface area (TPSA) is 53.7 Å². The van der Waals surface area contributed by atoms with Crippen LogP contribution in [0.4, 0.5) is 0 Å². The predicted molar refractivity (Wildman–Crippen MR) is 56.5 cm³/mol. The third kappa shape index (κ3) is 2.50. The largest absolute Gasteiger partial charge is 0.378 e. The zero-order valence-electron chi connectivity index (χ0n) is 9.41. The number of hydrogen-bond acceptors (Lipinski definition) is 4. The lowest BCUT2D eigenvalue weighted by molar-refractivity contribution is -0.228. The molecule has 2 aliphatic rings. The molecule has 0 radical (unpaired) electrons. The number of hydrogen-bond donors (Lipinski definition) is 1. The van der Waals surface area contributed by atoms with Gasteiger partial charge in [-0.25, -0.2) is 0 Å². The molecule has 2 N–H and O–H groups in total. The predicted octanol–water partition coefficient (Wildman–Crippen LogP) is 1.04. The van der Waals surface area contributed by atoms with Gasteiger partial charge in [0.15, 0.2) is 5.79 Å². The lowest BCUT2D eigenvalue weighted by Gasteiger charge is -2.36. The van der Waals surface area contributed by atoms with Gasteiger partial charge >= 0.3 is 0 Å². The first-order valence-electron chi connectivity index (χ1n) is 5.91. The van der Waals surface area contributed by atoms with E-state index in [-0.39, 0.29) is 11.9 Å². The zero-order valence-corrected chi connectivity index (χ0v) is 9.41. The molecule has 4 nitrogen and oxygen atoms in total. The van der Waals surface area contributed by atoms with Crippen LogP contribution in [-0.4, -0.2) is 37.8 Å². The normalized spacial score (nSPS) is 41.2. The van der Waals surface area contributed by atoms with Crippen molar-refractivity contribution < 1.29 is 14.2 Å². The van der Waals surface area contributed by atoms with E-state index in [9.17, 15) is 0 Å². The number of nitrogens with two attached hydrogens (primary N) is 1. The Kier molecular flexibility index (Phi) is 3.61. The molecule has 2 fully saturated rings. The van der Waals surface area contributed by atoms with Crippen LogP contribution in [0, 0.1) is 0 Å². The molecule has 3 unspecified atom stereocenters. The van der Waals surface area contributed by atoms with Crippen molar-refractivity contribution in [2.45, 2.75) is 50.6 Å². The van der Waals surface area contributed by atoms with Crippen LogP contribution in [0.15, 0.2) is 0 Å². The summed E-state index contributed by atoms with van der Waals surface area (Å²) >= 11 is 0. The first-order chi connectivity index (χ1) is 7.28. The molecule has 3 atom stereocenters. The van der Waals surface area contributed by atoms with Gasteiger partial charge in [0, 0.05) is 19.4 Å². The Labute approximate surface area is 91.1 Å². The summed E-state index contributed by atoms with van der Waals surface area (Å²) < 4.78 is 17.4. The molecule has 1 spiro atoms. The maximum Gasteiger partial charge on any atom is 0.173 e. The molecule has 2 heterocycles. The molecule has 2 aliphatic heterocycles. The summed E-state index contributed by atoms with van der Waals surface area (Å²) in [4.78, 5) is 0. The van der Waals surface area contributed by atoms with Gasteiger partial charge in [0.1, 0.15) is 0 Å². The highest BCUT2D eigenvalue weighted by Gasteiger charge is 2.44. The van der Waals surface area contributed by atoms with Crippen LogP contribution in [0.2, 0.25) is 0 Å². The Morgan fingerprint density at radius 2 is 2.27 bits per heavy atom. The average Bonchev–Trinajstić information content (AvgIpc) is 2.62. The fourth-order valence-corrected chi connectivity index (χ4v) is 2.37. The summed E-state index contributed by atoms with van der Waals surface area (Å²) in [6.45, 7) is 4.09. The van der Waals surface area contributed by atoms with E-state index in [2.05, 4.69) is 6.92 Å². The smallest absolute Gasteiger partial charge is 0.173 e. The van der Waals surface area contributed by atoms with Gasteiger partial charge in [0.2, 0.25) is 0 Å². The molecule has 0 aromatic carbocycles. The molecule has 2 rings (SSSR count). The van der Waals surface area contributed by atoms with Crippen LogP contribution >= 0.6 is 0 Å². The molecule has 2 saturated heterocycles. The lowest BCUT2D eigenvalue weighted by Crippen LogP contribution is -2.42. The second-order valence-electron chi connectivity index (χ2n) is 4.43. The van der Waals surface area contributed by atoms with Crippen LogP contribution in [-0.2, 0) is 14.2 Å². The second kappa shape index (κ2) is 4.78. The van der Waals surface area contributed by atoms with Crippen LogP contribution in [0.1, 0.15) is 32.6 Å². The van der Waals surface area contributed by atoms with E-state index < -0.39 is 0 Å². The molecule has 0 aliphatic carbocycles. The first kappa shape index (κ1) is 11.3. The Morgan fingerprint density at radius 3 is 2.93 bits per heavy atom. The molecule has 0 amide bonds. The fraction of sp³-hybridized carbons (Fsp3) is 1.00. The summed E-state index contributed by atoms with van der Waals surface area (Å²) in [7, 11) is 0. The fourth-order valence-electron chi connectivity index (χ4n) is 2.37. The van der Waals surface area contributed by atoms with Crippen molar-refractivity contribution in [1.82, 2.24) is 0 Å². The third-order valence-electron chi connectivity index (χ3n) is 3.16. The Hall–Kier alpha value is -0.160. The van der Waals surface area contributed by atoms with Crippen molar-refractivity contribution in [3.8, 4) is 0 Å². The quantitative estimate of drug-likeness (QED) is 0.764. The van der Waals surface area contributed by atoms with Gasteiger partial charge < -0.3 is 19.9 Å². The number of ether oxygens (including phenoxy) is 3. The Balaban J connectivity index is 1.91. The molecule has 4 heteroatoms. The monoisotopic (exact) mass is 215 g/mol. The average molecular weight is 215 g/mol. The van der Waals surface area contributed by atoms with Gasteiger partial charge in [0.25, 0.3) is 0 Å². The molecule has 0 aromatic heterocycles. The van der Waals surface area contributed by atoms with Gasteiger partial charge in [-0.3, -0.25) is 0 Å². The van der Waals surface area contributed by atoms with Crippen molar-refractivity contribution >= 4 is 0 Å². The Bertz CT molecular complexity index is 210. The maximum atomic E-state index is 5.89. The SMILES string of the molecule is CCCC1CC2(CCO1)OCC(CN)O2. The molecule has 0 bridgehead atoms. The molecule has 0 aromatic rings. The third-order valence-corrected chi connectivity index (χ3v) is 3.16. The van der Waals surface area contributed by atoms with Gasteiger partial charge in [-0.1, -0.05) is 13.3 Å². The lowest BCUT2D eigenvalue weighted by atomic mass is 9.99. The van der Waals surface area contributed by atoms with Crippen molar-refractivity contribution in [3.05, 3.63) is 0 Å². The minimum atomic E-state index is -0.387. The highest BCUT2D eigenvalue weighted by Crippen LogP contribution is 2.36. The van der Waals surface area contributed by atoms with Crippen LogP contribution < -0.4 is 5.73 Å². The van der Waals surface area contributed by atoms with Crippen molar-refractivity contribution in [2.24, 2.45) is 5.73 Å². The molecular weight excluding hydrogens is 194 g/mol. The highest BCUT2D eigenvalue weighted by molar-refractivity contribution is 4.85. The van der Waals surface area contributed by atoms with E-state index in [0.717, 1.165) is 32.3 Å². The molecule has 15 heavy (non-hydrogen) atoms.